The first kappa shape index (κ1) is 51.7. The summed E-state index contributed by atoms with van der Waals surface area (Å²) in [5.74, 6) is 0.886. The second-order valence-electron chi connectivity index (χ2n) is 23.9. The summed E-state index contributed by atoms with van der Waals surface area (Å²) in [6.45, 7) is 27.6. The molecule has 380 valence electrons. The first-order chi connectivity index (χ1) is 35.3. The molecule has 0 spiro atoms. The molecule has 4 nitrogen and oxygen atoms in total. The summed E-state index contributed by atoms with van der Waals surface area (Å²) in [6, 6.07) is 80.5. The van der Waals surface area contributed by atoms with Gasteiger partial charge in [-0.1, -0.05) is 203 Å². The van der Waals surface area contributed by atoms with Crippen LogP contribution in [0.3, 0.4) is 0 Å². The smallest absolute Gasteiger partial charge is 0.135 e. The van der Waals surface area contributed by atoms with E-state index < -0.39 is 8.07 Å². The van der Waals surface area contributed by atoms with Crippen LogP contribution in [0.15, 0.2) is 200 Å². The molecule has 0 aliphatic carbocycles. The Morgan fingerprint density at radius 3 is 1.60 bits per heavy atom. The van der Waals surface area contributed by atoms with Crippen LogP contribution in [0, 0.1) is 18.8 Å². The second-order valence-corrected chi connectivity index (χ2v) is 27.6. The van der Waals surface area contributed by atoms with Crippen LogP contribution in [0.5, 0.6) is 0 Å². The van der Waals surface area contributed by atoms with Crippen molar-refractivity contribution < 1.29 is 21.1 Å². The summed E-state index contributed by atoms with van der Waals surface area (Å²) in [4.78, 5) is 9.86. The third-order valence-corrected chi connectivity index (χ3v) is 20.2. The molecule has 0 fully saturated rings. The van der Waals surface area contributed by atoms with Crippen LogP contribution < -0.4 is 30.5 Å². The molecular weight excluding hydrogens is 1110 g/mol. The van der Waals surface area contributed by atoms with Gasteiger partial charge in [-0.25, -0.2) is 4.98 Å². The van der Waals surface area contributed by atoms with E-state index in [1.807, 2.05) is 6.20 Å². The first-order valence-corrected chi connectivity index (χ1v) is 28.2. The van der Waals surface area contributed by atoms with E-state index in [-0.39, 0.29) is 42.7 Å². The molecule has 11 rings (SSSR count). The summed E-state index contributed by atoms with van der Waals surface area (Å²) < 4.78 is 2.36. The fourth-order valence-corrected chi connectivity index (χ4v) is 15.6. The number of aromatic nitrogens is 2. The summed E-state index contributed by atoms with van der Waals surface area (Å²) in [6.07, 6.45) is 1.97. The van der Waals surface area contributed by atoms with Crippen LogP contribution in [0.4, 0.5) is 22.7 Å². The van der Waals surface area contributed by atoms with E-state index in [0.717, 1.165) is 55.4 Å². The zero-order valence-electron chi connectivity index (χ0n) is 45.2. The number of rotatable bonds is 9. The molecule has 6 heteroatoms. The summed E-state index contributed by atoms with van der Waals surface area (Å²) >= 11 is 0. The van der Waals surface area contributed by atoms with Crippen molar-refractivity contribution in [1.29, 1.82) is 0 Å². The average Bonchev–Trinajstić information content (AvgIpc) is 3.95. The molecule has 0 saturated carbocycles. The van der Waals surface area contributed by atoms with Gasteiger partial charge in [-0.15, -0.1) is 17.7 Å². The van der Waals surface area contributed by atoms with Crippen LogP contribution in [0.2, 0.25) is 0 Å². The molecule has 0 N–H and O–H groups in total. The van der Waals surface area contributed by atoms with Crippen LogP contribution in [-0.4, -0.2) is 17.6 Å². The average molecular weight is 1180 g/mol. The minimum atomic E-state index is -3.23. The molecule has 0 amide bonds. The monoisotopic (exact) mass is 1170 g/mol. The second kappa shape index (κ2) is 19.4. The number of hydrogen-bond donors (Lipinski definition) is 0. The van der Waals surface area contributed by atoms with Crippen LogP contribution >= 0.6 is 0 Å². The molecular formula is C69H67N4PtSi-3. The van der Waals surface area contributed by atoms with Crippen molar-refractivity contribution in [2.75, 3.05) is 9.80 Å². The Hall–Kier alpha value is -6.78. The van der Waals surface area contributed by atoms with Gasteiger partial charge >= 0.3 is 0 Å². The number of para-hydroxylation sites is 2. The number of fused-ring (bicyclic) bond motifs is 4. The fraction of sp³-hybridized carbons (Fsp3) is 0.217. The van der Waals surface area contributed by atoms with Crippen molar-refractivity contribution in [1.82, 2.24) is 9.55 Å². The van der Waals surface area contributed by atoms with Crippen molar-refractivity contribution in [3.8, 4) is 5.82 Å². The molecule has 0 radical (unpaired) electrons. The fourth-order valence-electron chi connectivity index (χ4n) is 11.1. The van der Waals surface area contributed by atoms with Gasteiger partial charge in [0.2, 0.25) is 0 Å². The molecule has 1 aliphatic heterocycles. The van der Waals surface area contributed by atoms with Crippen molar-refractivity contribution in [2.45, 2.75) is 97.8 Å². The van der Waals surface area contributed by atoms with Gasteiger partial charge in [0, 0.05) is 55.3 Å². The maximum Gasteiger partial charge on any atom is 0.135 e. The summed E-state index contributed by atoms with van der Waals surface area (Å²) in [7, 11) is -3.23. The molecule has 0 atom stereocenters. The Morgan fingerprint density at radius 1 is 0.440 bits per heavy atom. The largest absolute Gasteiger partial charge is 0.493 e. The van der Waals surface area contributed by atoms with Crippen molar-refractivity contribution in [3.05, 3.63) is 247 Å². The van der Waals surface area contributed by atoms with Gasteiger partial charge in [0.1, 0.15) is 13.9 Å². The van der Waals surface area contributed by atoms with E-state index in [1.165, 1.54) is 43.6 Å². The van der Waals surface area contributed by atoms with Gasteiger partial charge in [0.15, 0.2) is 0 Å². The Labute approximate surface area is 461 Å². The molecule has 2 aromatic heterocycles. The quantitative estimate of drug-likeness (QED) is 0.0818. The van der Waals surface area contributed by atoms with E-state index in [4.69, 9.17) is 4.98 Å². The van der Waals surface area contributed by atoms with Gasteiger partial charge in [0.25, 0.3) is 0 Å². The SMILES string of the molecule is CC(C)(C)c1cc(N2[CH-]N(c3[c-]c([Si](c4[c-]c5c(cc4)c4cc(C(C)(C)c6ccccc6)ccc4n5-c4cc(C(C)(C)C)ccn4)(c4ccccc4)c4ccccc4)ccc3)c3ccccc32)cc(C(C)(C)C)c1.[Pt]. The third kappa shape index (κ3) is 9.21. The summed E-state index contributed by atoms with van der Waals surface area (Å²) in [5.41, 5.74) is 12.6. The Bertz CT molecular complexity index is 3620. The predicted molar refractivity (Wildman–Crippen MR) is 316 cm³/mol. The standard InChI is InChI=1S/C69H67N4Si.Pt/c1-66(2,3)49-38-39-70-65(44-49)73-61-37-34-50(69(10,11)48-24-15-12-16-25-48)43-60(61)59-36-35-58(46-64(59)73)74(55-27-17-13-18-28-55,56-29-19-14-20-30-56)57-31-23-26-53(45-57)71-47-72(63-33-22-21-32-62(63)71)54-41-51(67(4,5)6)40-52(42-54)68(7,8)9;/h12-44,47H,1-11H3;/q-3;. The van der Waals surface area contributed by atoms with Crippen LogP contribution in [0.1, 0.15) is 104 Å². The van der Waals surface area contributed by atoms with Gasteiger partial charge in [-0.2, -0.15) is 52.8 Å². The van der Waals surface area contributed by atoms with Gasteiger partial charge in [-0.05, 0) is 102 Å². The number of pyridine rings is 1. The zero-order valence-corrected chi connectivity index (χ0v) is 48.5. The molecule has 0 unspecified atom stereocenters. The third-order valence-electron chi connectivity index (χ3n) is 15.6. The van der Waals surface area contributed by atoms with Gasteiger partial charge < -0.3 is 14.4 Å². The Morgan fingerprint density at radius 2 is 1.00 bits per heavy atom. The topological polar surface area (TPSA) is 24.3 Å². The Balaban J connectivity index is 0.00000641. The van der Waals surface area contributed by atoms with Crippen molar-refractivity contribution in [2.24, 2.45) is 0 Å². The van der Waals surface area contributed by atoms with E-state index in [1.54, 1.807) is 0 Å². The molecule has 0 saturated heterocycles. The van der Waals surface area contributed by atoms with Gasteiger partial charge in [-0.3, -0.25) is 0 Å². The van der Waals surface area contributed by atoms with E-state index >= 15 is 0 Å². The molecule has 1 aliphatic rings. The first-order valence-electron chi connectivity index (χ1n) is 26.2. The number of nitrogens with zero attached hydrogens (tertiary/aromatic N) is 4. The normalized spacial score (nSPS) is 13.3. The zero-order chi connectivity index (χ0) is 51.8. The number of benzene rings is 8. The predicted octanol–water partition coefficient (Wildman–Crippen LogP) is 14.8. The molecule has 75 heavy (non-hydrogen) atoms. The maximum absolute atomic E-state index is 5.15. The molecule has 0 bridgehead atoms. The minimum Gasteiger partial charge on any atom is -0.493 e. The van der Waals surface area contributed by atoms with E-state index in [0.29, 0.717) is 0 Å². The molecule has 10 aromatic rings. The van der Waals surface area contributed by atoms with Crippen molar-refractivity contribution >= 4 is 73.4 Å². The molecule has 3 heterocycles. The van der Waals surface area contributed by atoms with Crippen LogP contribution in [-0.2, 0) is 42.7 Å². The summed E-state index contributed by atoms with van der Waals surface area (Å²) in [5, 5.41) is 7.16. The maximum atomic E-state index is 5.15. The number of hydrogen-bond acceptors (Lipinski definition) is 3. The van der Waals surface area contributed by atoms with E-state index in [9.17, 15) is 0 Å². The Kier molecular flexibility index (Phi) is 13.4. The van der Waals surface area contributed by atoms with Crippen molar-refractivity contribution in [3.63, 3.8) is 0 Å². The number of anilines is 4. The molecule has 8 aromatic carbocycles. The van der Waals surface area contributed by atoms with Gasteiger partial charge in [0.05, 0.1) is 0 Å². The van der Waals surface area contributed by atoms with Crippen LogP contribution in [0.25, 0.3) is 27.6 Å². The minimum absolute atomic E-state index is 0. The van der Waals surface area contributed by atoms with E-state index in [2.05, 4.69) is 303 Å².